The van der Waals surface area contributed by atoms with Gasteiger partial charge in [0.15, 0.2) is 0 Å². The van der Waals surface area contributed by atoms with E-state index >= 15 is 0 Å². The highest BCUT2D eigenvalue weighted by molar-refractivity contribution is 6.19. The van der Waals surface area contributed by atoms with Crippen molar-refractivity contribution < 1.29 is 4.79 Å². The van der Waals surface area contributed by atoms with Crippen molar-refractivity contribution in [1.29, 1.82) is 0 Å². The molecule has 0 saturated heterocycles. The van der Waals surface area contributed by atoms with Gasteiger partial charge in [0.1, 0.15) is 0 Å². The molecule has 0 aliphatic rings. The lowest BCUT2D eigenvalue weighted by atomic mass is 10.1. The smallest absolute Gasteiger partial charge is 0.224 e. The predicted octanol–water partition coefficient (Wildman–Crippen LogP) is 2.80. The molecule has 0 aromatic rings. The minimum absolute atomic E-state index is 0.0208. The Balaban J connectivity index is 0. The fraction of sp³-hybridized carbons (Fsp3) is 0.900. The molecule has 1 atom stereocenters. The van der Waals surface area contributed by atoms with Crippen LogP contribution in [-0.2, 0) is 4.79 Å². The average Bonchev–Trinajstić information content (AvgIpc) is 2.03. The standard InChI is InChI=1S/C8H16ClNO.C2H6/c1-6(5-9)7(11)10-8(2,3)4;1-2/h6H,5H2,1-4H3,(H,10,11);1-2H3. The van der Waals surface area contributed by atoms with Crippen LogP contribution in [0.5, 0.6) is 0 Å². The maximum Gasteiger partial charge on any atom is 0.224 e. The first-order chi connectivity index (χ1) is 5.87. The summed E-state index contributed by atoms with van der Waals surface area (Å²) in [6.45, 7) is 11.7. The lowest BCUT2D eigenvalue weighted by molar-refractivity contribution is -0.125. The first kappa shape index (κ1) is 15.2. The van der Waals surface area contributed by atoms with Crippen LogP contribution in [0.15, 0.2) is 0 Å². The molecule has 1 unspecified atom stereocenters. The number of alkyl halides is 1. The van der Waals surface area contributed by atoms with Crippen LogP contribution >= 0.6 is 11.6 Å². The van der Waals surface area contributed by atoms with Crippen molar-refractivity contribution in [2.75, 3.05) is 5.88 Å². The number of nitrogens with one attached hydrogen (secondary N) is 1. The zero-order valence-corrected chi connectivity index (χ0v) is 10.3. The highest BCUT2D eigenvalue weighted by atomic mass is 35.5. The van der Waals surface area contributed by atoms with Crippen LogP contribution in [0.3, 0.4) is 0 Å². The summed E-state index contributed by atoms with van der Waals surface area (Å²) in [6.07, 6.45) is 0. The van der Waals surface area contributed by atoms with Crippen molar-refractivity contribution >= 4 is 17.5 Å². The van der Waals surface area contributed by atoms with Gasteiger partial charge in [-0.3, -0.25) is 4.79 Å². The second kappa shape index (κ2) is 7.19. The summed E-state index contributed by atoms with van der Waals surface area (Å²) >= 11 is 5.51. The van der Waals surface area contributed by atoms with Crippen LogP contribution in [0, 0.1) is 5.92 Å². The van der Waals surface area contributed by atoms with E-state index in [1.54, 1.807) is 0 Å². The number of hydrogen-bond donors (Lipinski definition) is 1. The summed E-state index contributed by atoms with van der Waals surface area (Å²) < 4.78 is 0. The Labute approximate surface area is 87.0 Å². The summed E-state index contributed by atoms with van der Waals surface area (Å²) in [5.41, 5.74) is -0.155. The van der Waals surface area contributed by atoms with Gasteiger partial charge in [-0.15, -0.1) is 11.6 Å². The van der Waals surface area contributed by atoms with Gasteiger partial charge in [0.25, 0.3) is 0 Å². The zero-order valence-electron chi connectivity index (χ0n) is 9.57. The molecule has 0 spiro atoms. The number of carbonyl (C=O) groups excluding carboxylic acids is 1. The Hall–Kier alpha value is -0.240. The van der Waals surface area contributed by atoms with E-state index in [1.807, 2.05) is 41.5 Å². The molecule has 0 rings (SSSR count). The largest absolute Gasteiger partial charge is 0.351 e. The third-order valence-electron chi connectivity index (χ3n) is 1.18. The number of halogens is 1. The fourth-order valence-corrected chi connectivity index (χ4v) is 0.703. The lowest BCUT2D eigenvalue weighted by Gasteiger charge is -2.22. The number of carbonyl (C=O) groups is 1. The van der Waals surface area contributed by atoms with Crippen molar-refractivity contribution in [3.63, 3.8) is 0 Å². The van der Waals surface area contributed by atoms with Crippen molar-refractivity contribution in [2.24, 2.45) is 5.92 Å². The van der Waals surface area contributed by atoms with Gasteiger partial charge in [-0.2, -0.15) is 0 Å². The van der Waals surface area contributed by atoms with Crippen LogP contribution in [0.1, 0.15) is 41.5 Å². The molecule has 1 amide bonds. The van der Waals surface area contributed by atoms with Gasteiger partial charge >= 0.3 is 0 Å². The lowest BCUT2D eigenvalue weighted by Crippen LogP contribution is -2.43. The molecule has 80 valence electrons. The summed E-state index contributed by atoms with van der Waals surface area (Å²) in [5.74, 6) is 0.297. The minimum atomic E-state index is -0.155. The van der Waals surface area contributed by atoms with Gasteiger partial charge in [0.05, 0.1) is 0 Å². The number of amides is 1. The summed E-state index contributed by atoms with van der Waals surface area (Å²) in [5, 5.41) is 2.85. The molecule has 0 saturated carbocycles. The number of hydrogen-bond acceptors (Lipinski definition) is 1. The Kier molecular flexibility index (Phi) is 8.43. The SMILES string of the molecule is CC.CC(CCl)C(=O)NC(C)(C)C. The second-order valence-corrected chi connectivity index (χ2v) is 4.10. The van der Waals surface area contributed by atoms with Gasteiger partial charge in [-0.05, 0) is 20.8 Å². The summed E-state index contributed by atoms with van der Waals surface area (Å²) in [7, 11) is 0. The molecule has 3 heteroatoms. The van der Waals surface area contributed by atoms with E-state index in [4.69, 9.17) is 11.6 Å². The predicted molar refractivity (Wildman–Crippen MR) is 59.1 cm³/mol. The van der Waals surface area contributed by atoms with Crippen LogP contribution in [0.2, 0.25) is 0 Å². The first-order valence-corrected chi connectivity index (χ1v) is 5.28. The van der Waals surface area contributed by atoms with E-state index in [1.165, 1.54) is 0 Å². The van der Waals surface area contributed by atoms with Gasteiger partial charge in [-0.25, -0.2) is 0 Å². The van der Waals surface area contributed by atoms with Crippen LogP contribution < -0.4 is 5.32 Å². The maximum absolute atomic E-state index is 11.2. The van der Waals surface area contributed by atoms with E-state index < -0.39 is 0 Å². The molecule has 0 bridgehead atoms. The molecular formula is C10H22ClNO. The molecule has 0 radical (unpaired) electrons. The van der Waals surface area contributed by atoms with E-state index in [-0.39, 0.29) is 17.4 Å². The first-order valence-electron chi connectivity index (χ1n) is 4.75. The van der Waals surface area contributed by atoms with E-state index in [0.29, 0.717) is 5.88 Å². The van der Waals surface area contributed by atoms with Gasteiger partial charge in [-0.1, -0.05) is 20.8 Å². The summed E-state index contributed by atoms with van der Waals surface area (Å²) in [4.78, 5) is 11.2. The van der Waals surface area contributed by atoms with Crippen molar-refractivity contribution in [1.82, 2.24) is 5.32 Å². The highest BCUT2D eigenvalue weighted by Crippen LogP contribution is 2.03. The van der Waals surface area contributed by atoms with Crippen LogP contribution in [-0.4, -0.2) is 17.3 Å². The third kappa shape index (κ3) is 9.68. The molecular weight excluding hydrogens is 186 g/mol. The maximum atomic E-state index is 11.2. The highest BCUT2D eigenvalue weighted by Gasteiger charge is 2.17. The zero-order chi connectivity index (χ0) is 11.1. The Morgan fingerprint density at radius 2 is 1.77 bits per heavy atom. The quantitative estimate of drug-likeness (QED) is 0.694. The molecule has 0 aromatic heterocycles. The van der Waals surface area contributed by atoms with Gasteiger partial charge < -0.3 is 5.32 Å². The van der Waals surface area contributed by atoms with Crippen molar-refractivity contribution in [2.45, 2.75) is 47.1 Å². The molecule has 1 N–H and O–H groups in total. The second-order valence-electron chi connectivity index (χ2n) is 3.79. The fourth-order valence-electron chi connectivity index (χ4n) is 0.563. The Morgan fingerprint density at radius 1 is 1.38 bits per heavy atom. The van der Waals surface area contributed by atoms with E-state index in [0.717, 1.165) is 0 Å². The molecule has 0 heterocycles. The van der Waals surface area contributed by atoms with E-state index in [9.17, 15) is 4.79 Å². The molecule has 13 heavy (non-hydrogen) atoms. The molecule has 0 aliphatic heterocycles. The van der Waals surface area contributed by atoms with E-state index in [2.05, 4.69) is 5.32 Å². The van der Waals surface area contributed by atoms with Crippen molar-refractivity contribution in [3.05, 3.63) is 0 Å². The molecule has 2 nitrogen and oxygen atoms in total. The Bertz CT molecular complexity index is 140. The monoisotopic (exact) mass is 207 g/mol. The van der Waals surface area contributed by atoms with Crippen LogP contribution in [0.4, 0.5) is 0 Å². The summed E-state index contributed by atoms with van der Waals surface area (Å²) in [6, 6.07) is 0. The topological polar surface area (TPSA) is 29.1 Å². The minimum Gasteiger partial charge on any atom is -0.351 e. The average molecular weight is 208 g/mol. The number of rotatable bonds is 2. The Morgan fingerprint density at radius 3 is 2.00 bits per heavy atom. The normalized spacial score (nSPS) is 12.5. The van der Waals surface area contributed by atoms with Gasteiger partial charge in [0.2, 0.25) is 5.91 Å². The van der Waals surface area contributed by atoms with Crippen LogP contribution in [0.25, 0.3) is 0 Å². The third-order valence-corrected chi connectivity index (χ3v) is 1.64. The van der Waals surface area contributed by atoms with Gasteiger partial charge in [0, 0.05) is 17.3 Å². The van der Waals surface area contributed by atoms with Crippen molar-refractivity contribution in [3.8, 4) is 0 Å². The molecule has 0 fully saturated rings. The molecule has 0 aliphatic carbocycles. The molecule has 0 aromatic carbocycles.